The van der Waals surface area contributed by atoms with E-state index in [0.29, 0.717) is 39.5 Å². The zero-order valence-corrected chi connectivity index (χ0v) is 20.2. The second kappa shape index (κ2) is 9.49. The third-order valence-electron chi connectivity index (χ3n) is 6.24. The highest BCUT2D eigenvalue weighted by molar-refractivity contribution is 6.32. The van der Waals surface area contributed by atoms with Crippen LogP contribution in [0.3, 0.4) is 0 Å². The summed E-state index contributed by atoms with van der Waals surface area (Å²) >= 11 is 6.50. The third-order valence-corrected chi connectivity index (χ3v) is 6.54. The van der Waals surface area contributed by atoms with Crippen LogP contribution in [0.5, 0.6) is 5.75 Å². The van der Waals surface area contributed by atoms with Gasteiger partial charge in [-0.15, -0.1) is 0 Å². The Balaban J connectivity index is 1.56. The van der Waals surface area contributed by atoms with Gasteiger partial charge in [-0.05, 0) is 58.1 Å². The molecule has 0 saturated heterocycles. The highest BCUT2D eigenvalue weighted by atomic mass is 35.5. The van der Waals surface area contributed by atoms with E-state index in [1.807, 2.05) is 48.5 Å². The highest BCUT2D eigenvalue weighted by Crippen LogP contribution is 2.41. The number of aryl methyl sites for hydroxylation is 1. The first-order valence-corrected chi connectivity index (χ1v) is 11.7. The van der Waals surface area contributed by atoms with Crippen LogP contribution in [-0.2, 0) is 13.6 Å². The van der Waals surface area contributed by atoms with Crippen molar-refractivity contribution in [2.24, 2.45) is 12.8 Å². The van der Waals surface area contributed by atoms with Gasteiger partial charge in [0.05, 0.1) is 10.7 Å². The number of nitrogens with zero attached hydrogens (tertiary/aromatic N) is 2. The molecule has 0 unspecified atom stereocenters. The summed E-state index contributed by atoms with van der Waals surface area (Å²) < 4.78 is 17.6. The molecule has 1 aromatic heterocycles. The van der Waals surface area contributed by atoms with Gasteiger partial charge < -0.3 is 15.4 Å². The van der Waals surface area contributed by atoms with Crippen LogP contribution < -0.4 is 11.4 Å². The molecule has 5 nitrogen and oxygen atoms in total. The van der Waals surface area contributed by atoms with Crippen LogP contribution >= 0.6 is 11.6 Å². The van der Waals surface area contributed by atoms with Crippen molar-refractivity contribution < 1.29 is 9.50 Å². The lowest BCUT2D eigenvalue weighted by Gasteiger charge is -2.14. The maximum absolute atomic E-state index is 14.8. The Morgan fingerprint density at radius 2 is 1.50 bits per heavy atom. The van der Waals surface area contributed by atoms with E-state index in [0.717, 1.165) is 16.7 Å². The SMILES string of the molecule is Cn1ccn(-c2ccc(-c3cc(F)cc(-c4cccc(-c5ccc(CN)cc5)c4)c3O)cc2Cl)c1=O. The summed E-state index contributed by atoms with van der Waals surface area (Å²) in [6.07, 6.45) is 3.26. The molecule has 0 atom stereocenters. The summed E-state index contributed by atoms with van der Waals surface area (Å²) in [5.41, 5.74) is 10.8. The van der Waals surface area contributed by atoms with Gasteiger partial charge in [-0.2, -0.15) is 0 Å². The summed E-state index contributed by atoms with van der Waals surface area (Å²) in [4.78, 5) is 12.3. The summed E-state index contributed by atoms with van der Waals surface area (Å²) in [7, 11) is 1.65. The van der Waals surface area contributed by atoms with E-state index in [2.05, 4.69) is 0 Å². The number of rotatable bonds is 5. The number of phenolic OH excluding ortho intramolecular Hbond substituents is 1. The number of benzene rings is 4. The second-order valence-electron chi connectivity index (χ2n) is 8.56. The minimum atomic E-state index is -0.491. The molecular formula is C29H23ClFN3O2. The van der Waals surface area contributed by atoms with Gasteiger partial charge in [-0.25, -0.2) is 9.18 Å². The number of phenols is 1. The monoisotopic (exact) mass is 499 g/mol. The molecule has 180 valence electrons. The molecule has 0 spiro atoms. The summed E-state index contributed by atoms with van der Waals surface area (Å²) in [6, 6.07) is 23.1. The predicted molar refractivity (Wildman–Crippen MR) is 142 cm³/mol. The quantitative estimate of drug-likeness (QED) is 0.305. The molecule has 5 rings (SSSR count). The van der Waals surface area contributed by atoms with E-state index >= 15 is 0 Å². The van der Waals surface area contributed by atoms with Crippen molar-refractivity contribution in [3.8, 4) is 44.8 Å². The van der Waals surface area contributed by atoms with Crippen LogP contribution in [0.25, 0.3) is 39.1 Å². The normalized spacial score (nSPS) is 11.1. The Morgan fingerprint density at radius 3 is 2.11 bits per heavy atom. The fourth-order valence-corrected chi connectivity index (χ4v) is 4.53. The molecule has 0 amide bonds. The van der Waals surface area contributed by atoms with E-state index in [1.165, 1.54) is 21.3 Å². The standard InChI is InChI=1S/C29H23ClFN3O2/c1-33-11-12-34(29(33)36)27-10-9-22(14-26(27)30)25-16-23(31)15-24(28(25)35)21-4-2-3-20(13-21)19-7-5-18(17-32)6-8-19/h2-16,35H,17,32H2,1H3. The van der Waals surface area contributed by atoms with E-state index in [4.69, 9.17) is 17.3 Å². The average Bonchev–Trinajstić information content (AvgIpc) is 3.23. The minimum Gasteiger partial charge on any atom is -0.507 e. The molecule has 0 radical (unpaired) electrons. The summed E-state index contributed by atoms with van der Waals surface area (Å²) in [6.45, 7) is 0.466. The number of imidazole rings is 1. The molecule has 5 aromatic rings. The highest BCUT2D eigenvalue weighted by Gasteiger charge is 2.16. The number of nitrogens with two attached hydrogens (primary N) is 1. The molecular weight excluding hydrogens is 477 g/mol. The van der Waals surface area contributed by atoms with Gasteiger partial charge in [-0.1, -0.05) is 60.1 Å². The fraction of sp³-hybridized carbons (Fsp3) is 0.0690. The number of aromatic hydroxyl groups is 1. The van der Waals surface area contributed by atoms with E-state index in [1.54, 1.807) is 37.6 Å². The van der Waals surface area contributed by atoms with Crippen LogP contribution in [-0.4, -0.2) is 14.2 Å². The molecule has 0 saturated carbocycles. The van der Waals surface area contributed by atoms with Crippen molar-refractivity contribution >= 4 is 11.6 Å². The molecule has 0 bridgehead atoms. The zero-order valence-electron chi connectivity index (χ0n) is 19.5. The van der Waals surface area contributed by atoms with Crippen LogP contribution in [0.1, 0.15) is 5.56 Å². The Hall–Kier alpha value is -4.13. The van der Waals surface area contributed by atoms with Gasteiger partial charge in [0.1, 0.15) is 11.6 Å². The molecule has 4 aromatic carbocycles. The molecule has 1 heterocycles. The lowest BCUT2D eigenvalue weighted by atomic mass is 9.94. The number of halogens is 2. The first kappa shape index (κ1) is 23.6. The van der Waals surface area contributed by atoms with E-state index in [-0.39, 0.29) is 11.4 Å². The molecule has 7 heteroatoms. The molecule has 0 fully saturated rings. The maximum atomic E-state index is 14.8. The Morgan fingerprint density at radius 1 is 0.861 bits per heavy atom. The molecule has 0 aliphatic carbocycles. The molecule has 36 heavy (non-hydrogen) atoms. The van der Waals surface area contributed by atoms with Crippen molar-refractivity contribution in [3.63, 3.8) is 0 Å². The van der Waals surface area contributed by atoms with Gasteiger partial charge in [0, 0.05) is 37.1 Å². The van der Waals surface area contributed by atoms with Crippen LogP contribution in [0, 0.1) is 5.82 Å². The van der Waals surface area contributed by atoms with Crippen molar-refractivity contribution in [2.75, 3.05) is 0 Å². The van der Waals surface area contributed by atoms with Crippen LogP contribution in [0.2, 0.25) is 5.02 Å². The number of hydrogen-bond donors (Lipinski definition) is 2. The van der Waals surface area contributed by atoms with Gasteiger partial charge in [-0.3, -0.25) is 4.57 Å². The summed E-state index contributed by atoms with van der Waals surface area (Å²) in [5.74, 6) is -0.553. The molecule has 0 aliphatic rings. The number of aromatic nitrogens is 2. The van der Waals surface area contributed by atoms with Gasteiger partial charge in [0.25, 0.3) is 0 Å². The first-order chi connectivity index (χ1) is 17.4. The lowest BCUT2D eigenvalue weighted by Crippen LogP contribution is -2.20. The third kappa shape index (κ3) is 4.33. The van der Waals surface area contributed by atoms with Crippen molar-refractivity contribution in [2.45, 2.75) is 6.54 Å². The van der Waals surface area contributed by atoms with Crippen LogP contribution in [0.15, 0.2) is 96.1 Å². The van der Waals surface area contributed by atoms with Crippen molar-refractivity contribution in [3.05, 3.63) is 118 Å². The maximum Gasteiger partial charge on any atom is 0.332 e. The van der Waals surface area contributed by atoms with Crippen molar-refractivity contribution in [1.82, 2.24) is 9.13 Å². The lowest BCUT2D eigenvalue weighted by molar-refractivity contribution is 0.477. The van der Waals surface area contributed by atoms with Gasteiger partial charge in [0.15, 0.2) is 0 Å². The van der Waals surface area contributed by atoms with Crippen LogP contribution in [0.4, 0.5) is 4.39 Å². The largest absolute Gasteiger partial charge is 0.507 e. The fourth-order valence-electron chi connectivity index (χ4n) is 4.26. The first-order valence-electron chi connectivity index (χ1n) is 11.3. The second-order valence-corrected chi connectivity index (χ2v) is 8.97. The van der Waals surface area contributed by atoms with Gasteiger partial charge >= 0.3 is 5.69 Å². The Labute approximate surface area is 212 Å². The predicted octanol–water partition coefficient (Wildman–Crippen LogP) is 6.13. The Bertz CT molecular complexity index is 1640. The Kier molecular flexibility index (Phi) is 6.22. The molecule has 3 N–H and O–H groups in total. The van der Waals surface area contributed by atoms with Crippen molar-refractivity contribution in [1.29, 1.82) is 0 Å². The number of hydrogen-bond acceptors (Lipinski definition) is 3. The average molecular weight is 500 g/mol. The van der Waals surface area contributed by atoms with E-state index < -0.39 is 5.82 Å². The topological polar surface area (TPSA) is 73.2 Å². The van der Waals surface area contributed by atoms with Gasteiger partial charge in [0.2, 0.25) is 0 Å². The molecule has 0 aliphatic heterocycles. The summed E-state index contributed by atoms with van der Waals surface area (Å²) in [5, 5.41) is 11.5. The minimum absolute atomic E-state index is 0.0623. The zero-order chi connectivity index (χ0) is 25.4. The van der Waals surface area contributed by atoms with E-state index in [9.17, 15) is 14.3 Å². The smallest absolute Gasteiger partial charge is 0.332 e.